The van der Waals surface area contributed by atoms with Crippen molar-refractivity contribution >= 4 is 0 Å². The standard InChI is InChI=1S/C21H31NO4/c1-15-16(2)20-18(17(3)19(15)23)11-13-21(4,26-20)12-9-7-5-6-8-10-14-22(24)25/h10,14,23H,5-9,11-13H2,1-4H3/b14-10+. The average molecular weight is 361 g/mol. The summed E-state index contributed by atoms with van der Waals surface area (Å²) in [5.41, 5.74) is 3.91. The lowest BCUT2D eigenvalue weighted by Crippen LogP contribution is -2.37. The van der Waals surface area contributed by atoms with E-state index in [9.17, 15) is 15.2 Å². The summed E-state index contributed by atoms with van der Waals surface area (Å²) in [5, 5.41) is 20.5. The number of phenolic OH excluding ortho intramolecular Hbond substituents is 1. The van der Waals surface area contributed by atoms with Gasteiger partial charge in [-0.15, -0.1) is 0 Å². The van der Waals surface area contributed by atoms with Crippen LogP contribution in [-0.2, 0) is 6.42 Å². The molecule has 2 rings (SSSR count). The number of hydrogen-bond donors (Lipinski definition) is 1. The number of nitrogens with zero attached hydrogens (tertiary/aromatic N) is 1. The van der Waals surface area contributed by atoms with E-state index in [0.717, 1.165) is 85.6 Å². The molecule has 0 radical (unpaired) electrons. The zero-order valence-electron chi connectivity index (χ0n) is 16.4. The van der Waals surface area contributed by atoms with Crippen molar-refractivity contribution < 1.29 is 14.8 Å². The molecule has 0 aliphatic carbocycles. The van der Waals surface area contributed by atoms with Crippen molar-refractivity contribution in [3.63, 3.8) is 0 Å². The number of nitro groups is 1. The first-order valence-electron chi connectivity index (χ1n) is 9.56. The van der Waals surface area contributed by atoms with Crippen LogP contribution < -0.4 is 4.74 Å². The van der Waals surface area contributed by atoms with Gasteiger partial charge in [0.2, 0.25) is 6.20 Å². The third-order valence-electron chi connectivity index (χ3n) is 5.65. The molecular weight excluding hydrogens is 330 g/mol. The van der Waals surface area contributed by atoms with Crippen molar-refractivity contribution in [2.45, 2.75) is 84.7 Å². The molecule has 1 aliphatic rings. The number of fused-ring (bicyclic) bond motifs is 1. The Morgan fingerprint density at radius 3 is 2.54 bits per heavy atom. The zero-order valence-corrected chi connectivity index (χ0v) is 16.4. The third kappa shape index (κ3) is 4.77. The Bertz CT molecular complexity index is 696. The van der Waals surface area contributed by atoms with Crippen LogP contribution in [0.3, 0.4) is 0 Å². The van der Waals surface area contributed by atoms with Crippen molar-refractivity contribution in [1.29, 1.82) is 0 Å². The van der Waals surface area contributed by atoms with Crippen LogP contribution in [0, 0.1) is 30.9 Å². The number of ether oxygens (including phenoxy) is 1. The van der Waals surface area contributed by atoms with Gasteiger partial charge in [0, 0.05) is 5.56 Å². The van der Waals surface area contributed by atoms with Crippen LogP contribution in [0.2, 0.25) is 0 Å². The van der Waals surface area contributed by atoms with Crippen LogP contribution in [-0.4, -0.2) is 15.6 Å². The van der Waals surface area contributed by atoms with E-state index < -0.39 is 4.92 Å². The normalized spacial score (nSPS) is 19.4. The van der Waals surface area contributed by atoms with Gasteiger partial charge in [-0.25, -0.2) is 0 Å². The predicted molar refractivity (Wildman–Crippen MR) is 104 cm³/mol. The van der Waals surface area contributed by atoms with Crippen molar-refractivity contribution in [2.24, 2.45) is 0 Å². The maximum atomic E-state index is 10.3. The van der Waals surface area contributed by atoms with Gasteiger partial charge in [0.25, 0.3) is 0 Å². The quantitative estimate of drug-likeness (QED) is 0.375. The van der Waals surface area contributed by atoms with Crippen LogP contribution in [0.5, 0.6) is 11.5 Å². The molecule has 1 heterocycles. The molecule has 0 saturated heterocycles. The lowest BCUT2D eigenvalue weighted by Gasteiger charge is -2.38. The molecule has 1 aromatic rings. The number of allylic oxidation sites excluding steroid dienone is 1. The van der Waals surface area contributed by atoms with E-state index in [-0.39, 0.29) is 5.60 Å². The Morgan fingerprint density at radius 1 is 1.15 bits per heavy atom. The molecule has 0 bridgehead atoms. The van der Waals surface area contributed by atoms with Crippen molar-refractivity contribution in [1.82, 2.24) is 0 Å². The van der Waals surface area contributed by atoms with Crippen molar-refractivity contribution in [3.8, 4) is 11.5 Å². The number of benzene rings is 1. The minimum atomic E-state index is -0.412. The van der Waals surface area contributed by atoms with E-state index in [0.29, 0.717) is 5.75 Å². The van der Waals surface area contributed by atoms with Crippen LogP contribution in [0.25, 0.3) is 0 Å². The molecule has 0 spiro atoms. The van der Waals surface area contributed by atoms with Gasteiger partial charge in [-0.05, 0) is 89.0 Å². The van der Waals surface area contributed by atoms with E-state index in [4.69, 9.17) is 4.74 Å². The van der Waals surface area contributed by atoms with E-state index >= 15 is 0 Å². The summed E-state index contributed by atoms with van der Waals surface area (Å²) in [6.07, 6.45) is 10.6. The lowest BCUT2D eigenvalue weighted by atomic mass is 9.84. The Morgan fingerprint density at radius 2 is 1.85 bits per heavy atom. The molecule has 5 nitrogen and oxygen atoms in total. The molecule has 0 amide bonds. The maximum Gasteiger partial charge on any atom is 0.230 e. The molecular formula is C21H31NO4. The Labute approximate surface area is 156 Å². The molecule has 1 aliphatic heterocycles. The maximum absolute atomic E-state index is 10.3. The van der Waals surface area contributed by atoms with Gasteiger partial charge in [0.05, 0.1) is 4.92 Å². The summed E-state index contributed by atoms with van der Waals surface area (Å²) in [7, 11) is 0. The summed E-state index contributed by atoms with van der Waals surface area (Å²) < 4.78 is 6.44. The topological polar surface area (TPSA) is 72.6 Å². The highest BCUT2D eigenvalue weighted by atomic mass is 16.6. The van der Waals surface area contributed by atoms with E-state index in [2.05, 4.69) is 6.92 Å². The molecule has 0 fully saturated rings. The minimum absolute atomic E-state index is 0.154. The van der Waals surface area contributed by atoms with Gasteiger partial charge in [-0.1, -0.05) is 12.8 Å². The largest absolute Gasteiger partial charge is 0.507 e. The molecule has 0 saturated carbocycles. The fourth-order valence-corrected chi connectivity index (χ4v) is 3.75. The highest BCUT2D eigenvalue weighted by Gasteiger charge is 2.33. The number of phenols is 1. The van der Waals surface area contributed by atoms with E-state index in [1.807, 2.05) is 20.8 Å². The first kappa shape index (κ1) is 20.3. The van der Waals surface area contributed by atoms with Gasteiger partial charge in [-0.3, -0.25) is 10.1 Å². The van der Waals surface area contributed by atoms with Crippen LogP contribution >= 0.6 is 0 Å². The highest BCUT2D eigenvalue weighted by Crippen LogP contribution is 2.44. The minimum Gasteiger partial charge on any atom is -0.507 e. The fourth-order valence-electron chi connectivity index (χ4n) is 3.75. The van der Waals surface area contributed by atoms with Gasteiger partial charge in [0.15, 0.2) is 0 Å². The molecule has 1 atom stereocenters. The van der Waals surface area contributed by atoms with Crippen molar-refractivity contribution in [2.75, 3.05) is 0 Å². The summed E-state index contributed by atoms with van der Waals surface area (Å²) in [4.78, 5) is 9.80. The molecule has 144 valence electrons. The zero-order chi connectivity index (χ0) is 19.3. The highest BCUT2D eigenvalue weighted by molar-refractivity contribution is 5.58. The summed E-state index contributed by atoms with van der Waals surface area (Å²) in [5.74, 6) is 1.37. The number of rotatable bonds is 8. The Hall–Kier alpha value is -2.04. The number of aromatic hydroxyl groups is 1. The van der Waals surface area contributed by atoms with Gasteiger partial charge in [0.1, 0.15) is 17.1 Å². The SMILES string of the molecule is Cc1c(C)c2c(c(C)c1O)CCC(C)(CCCCCC/C=C/[N+](=O)[O-])O2. The molecule has 1 N–H and O–H groups in total. The number of hydrogen-bond acceptors (Lipinski definition) is 4. The molecule has 5 heteroatoms. The Kier molecular flexibility index (Phi) is 6.68. The predicted octanol–water partition coefficient (Wildman–Crippen LogP) is 5.53. The summed E-state index contributed by atoms with van der Waals surface area (Å²) in [6.45, 7) is 8.13. The first-order chi connectivity index (χ1) is 12.2. The average Bonchev–Trinajstić information content (AvgIpc) is 2.60. The molecule has 26 heavy (non-hydrogen) atoms. The third-order valence-corrected chi connectivity index (χ3v) is 5.65. The van der Waals surface area contributed by atoms with Crippen LogP contribution in [0.1, 0.15) is 74.1 Å². The first-order valence-corrected chi connectivity index (χ1v) is 9.56. The van der Waals surface area contributed by atoms with Gasteiger partial charge >= 0.3 is 0 Å². The van der Waals surface area contributed by atoms with Crippen molar-refractivity contribution in [3.05, 3.63) is 44.6 Å². The fraction of sp³-hybridized carbons (Fsp3) is 0.619. The second kappa shape index (κ2) is 8.56. The Balaban J connectivity index is 1.86. The van der Waals surface area contributed by atoms with Gasteiger partial charge < -0.3 is 9.84 Å². The van der Waals surface area contributed by atoms with Crippen LogP contribution in [0.4, 0.5) is 0 Å². The lowest BCUT2D eigenvalue weighted by molar-refractivity contribution is -0.402. The van der Waals surface area contributed by atoms with E-state index in [1.165, 1.54) is 0 Å². The second-order valence-electron chi connectivity index (χ2n) is 7.71. The van der Waals surface area contributed by atoms with Crippen LogP contribution in [0.15, 0.2) is 12.3 Å². The summed E-state index contributed by atoms with van der Waals surface area (Å²) in [6, 6.07) is 0. The molecule has 0 aromatic heterocycles. The second-order valence-corrected chi connectivity index (χ2v) is 7.71. The smallest absolute Gasteiger partial charge is 0.230 e. The monoisotopic (exact) mass is 361 g/mol. The summed E-state index contributed by atoms with van der Waals surface area (Å²) >= 11 is 0. The number of unbranched alkanes of at least 4 members (excludes halogenated alkanes) is 4. The molecule has 1 unspecified atom stereocenters. The van der Waals surface area contributed by atoms with Gasteiger partial charge in [-0.2, -0.15) is 0 Å². The van der Waals surface area contributed by atoms with E-state index in [1.54, 1.807) is 6.08 Å². The molecule has 1 aromatic carbocycles.